The maximum Gasteiger partial charge on any atom is 0.276 e. The van der Waals surface area contributed by atoms with Crippen molar-refractivity contribution < 1.29 is 4.79 Å². The zero-order chi connectivity index (χ0) is 7.40. The molecule has 0 unspecified atom stereocenters. The summed E-state index contributed by atoms with van der Waals surface area (Å²) < 4.78 is 0. The van der Waals surface area contributed by atoms with Crippen molar-refractivity contribution in [3.05, 3.63) is 0 Å². The second-order valence-corrected chi connectivity index (χ2v) is 3.80. The SMILES string of the molecule is NC(=O)SCC1CCCC1. The van der Waals surface area contributed by atoms with Crippen molar-refractivity contribution in [3.63, 3.8) is 0 Å². The van der Waals surface area contributed by atoms with Crippen LogP contribution in [0, 0.1) is 5.92 Å². The molecule has 10 heavy (non-hydrogen) atoms. The molecule has 0 atom stereocenters. The van der Waals surface area contributed by atoms with Gasteiger partial charge < -0.3 is 5.73 Å². The minimum absolute atomic E-state index is 0.230. The van der Waals surface area contributed by atoms with Crippen molar-refractivity contribution in [3.8, 4) is 0 Å². The fraction of sp³-hybridized carbons (Fsp3) is 0.857. The van der Waals surface area contributed by atoms with E-state index in [9.17, 15) is 4.79 Å². The molecule has 0 bridgehead atoms. The van der Waals surface area contributed by atoms with Gasteiger partial charge in [0.15, 0.2) is 0 Å². The summed E-state index contributed by atoms with van der Waals surface area (Å²) in [6.07, 6.45) is 5.26. The van der Waals surface area contributed by atoms with Gasteiger partial charge in [0, 0.05) is 5.75 Å². The molecule has 2 nitrogen and oxygen atoms in total. The monoisotopic (exact) mass is 159 g/mol. The van der Waals surface area contributed by atoms with E-state index in [2.05, 4.69) is 0 Å². The van der Waals surface area contributed by atoms with Gasteiger partial charge in [-0.25, -0.2) is 0 Å². The van der Waals surface area contributed by atoms with Crippen molar-refractivity contribution in [2.24, 2.45) is 11.7 Å². The third-order valence-electron chi connectivity index (χ3n) is 1.94. The highest BCUT2D eigenvalue weighted by atomic mass is 32.2. The number of primary amides is 1. The van der Waals surface area contributed by atoms with E-state index in [0.29, 0.717) is 0 Å². The highest BCUT2D eigenvalue weighted by molar-refractivity contribution is 8.13. The molecule has 1 amide bonds. The maximum absolute atomic E-state index is 10.3. The van der Waals surface area contributed by atoms with Crippen LogP contribution in [-0.2, 0) is 0 Å². The third kappa shape index (κ3) is 2.60. The van der Waals surface area contributed by atoms with Crippen molar-refractivity contribution in [2.75, 3.05) is 5.75 Å². The van der Waals surface area contributed by atoms with E-state index in [1.54, 1.807) is 0 Å². The fourth-order valence-electron chi connectivity index (χ4n) is 1.38. The van der Waals surface area contributed by atoms with E-state index in [0.717, 1.165) is 11.7 Å². The summed E-state index contributed by atoms with van der Waals surface area (Å²) in [4.78, 5) is 10.3. The number of amides is 1. The van der Waals surface area contributed by atoms with E-state index in [4.69, 9.17) is 5.73 Å². The number of hydrogen-bond donors (Lipinski definition) is 1. The molecule has 0 aromatic heterocycles. The lowest BCUT2D eigenvalue weighted by molar-refractivity contribution is 0.267. The van der Waals surface area contributed by atoms with E-state index >= 15 is 0 Å². The predicted octanol–water partition coefficient (Wildman–Crippen LogP) is 1.99. The average Bonchev–Trinajstić information content (AvgIpc) is 2.34. The molecule has 0 radical (unpaired) electrons. The summed E-state index contributed by atoms with van der Waals surface area (Å²) in [6, 6.07) is 0. The van der Waals surface area contributed by atoms with Crippen LogP contribution < -0.4 is 5.73 Å². The summed E-state index contributed by atoms with van der Waals surface area (Å²) in [5.41, 5.74) is 4.99. The van der Waals surface area contributed by atoms with E-state index in [-0.39, 0.29) is 5.24 Å². The standard InChI is InChI=1S/C7H13NOS/c8-7(9)10-5-6-3-1-2-4-6/h6H,1-5H2,(H2,8,9). The van der Waals surface area contributed by atoms with Crippen LogP contribution in [0.25, 0.3) is 0 Å². The van der Waals surface area contributed by atoms with Crippen molar-refractivity contribution in [1.82, 2.24) is 0 Å². The van der Waals surface area contributed by atoms with Crippen LogP contribution in [0.4, 0.5) is 4.79 Å². The lowest BCUT2D eigenvalue weighted by Gasteiger charge is -2.04. The van der Waals surface area contributed by atoms with Gasteiger partial charge in [-0.2, -0.15) is 0 Å². The highest BCUT2D eigenvalue weighted by Gasteiger charge is 2.15. The van der Waals surface area contributed by atoms with Gasteiger partial charge in [-0.3, -0.25) is 4.79 Å². The smallest absolute Gasteiger partial charge is 0.276 e. The number of carbonyl (C=O) groups is 1. The van der Waals surface area contributed by atoms with Crippen molar-refractivity contribution in [2.45, 2.75) is 25.7 Å². The molecule has 1 rings (SSSR count). The number of carbonyl (C=O) groups excluding carboxylic acids is 1. The Kier molecular flexibility index (Phi) is 3.06. The summed E-state index contributed by atoms with van der Waals surface area (Å²) >= 11 is 1.27. The summed E-state index contributed by atoms with van der Waals surface area (Å²) in [7, 11) is 0. The van der Waals surface area contributed by atoms with Crippen LogP contribution >= 0.6 is 11.8 Å². The Morgan fingerprint density at radius 2 is 2.10 bits per heavy atom. The molecule has 3 heteroatoms. The van der Waals surface area contributed by atoms with Gasteiger partial charge in [0.05, 0.1) is 0 Å². The minimum Gasteiger partial charge on any atom is -0.361 e. The lowest BCUT2D eigenvalue weighted by atomic mass is 10.1. The summed E-state index contributed by atoms with van der Waals surface area (Å²) in [6.45, 7) is 0. The molecule has 0 saturated heterocycles. The summed E-state index contributed by atoms with van der Waals surface area (Å²) in [5.74, 6) is 1.70. The molecular formula is C7H13NOS. The van der Waals surface area contributed by atoms with Gasteiger partial charge in [0.2, 0.25) is 0 Å². The molecule has 1 aliphatic rings. The number of thioether (sulfide) groups is 1. The maximum atomic E-state index is 10.3. The number of nitrogens with two attached hydrogens (primary N) is 1. The van der Waals surface area contributed by atoms with Crippen molar-refractivity contribution >= 4 is 17.0 Å². The molecule has 0 aromatic rings. The Hall–Kier alpha value is -0.180. The molecule has 0 spiro atoms. The molecule has 1 aliphatic carbocycles. The van der Waals surface area contributed by atoms with Gasteiger partial charge in [-0.15, -0.1) is 0 Å². The fourth-order valence-corrected chi connectivity index (χ4v) is 2.11. The predicted molar refractivity (Wildman–Crippen MR) is 44.0 cm³/mol. The van der Waals surface area contributed by atoms with Crippen LogP contribution in [0.3, 0.4) is 0 Å². The van der Waals surface area contributed by atoms with Crippen LogP contribution in [0.1, 0.15) is 25.7 Å². The van der Waals surface area contributed by atoms with E-state index in [1.165, 1.54) is 37.4 Å². The van der Waals surface area contributed by atoms with Gasteiger partial charge in [0.1, 0.15) is 0 Å². The average molecular weight is 159 g/mol. The lowest BCUT2D eigenvalue weighted by Crippen LogP contribution is -2.07. The first-order valence-corrected chi connectivity index (χ1v) is 4.70. The van der Waals surface area contributed by atoms with Crippen LogP contribution in [0.5, 0.6) is 0 Å². The summed E-state index contributed by atoms with van der Waals surface area (Å²) in [5, 5.41) is -0.230. The van der Waals surface area contributed by atoms with Gasteiger partial charge >= 0.3 is 0 Å². The second kappa shape index (κ2) is 3.86. The highest BCUT2D eigenvalue weighted by Crippen LogP contribution is 2.27. The zero-order valence-electron chi connectivity index (χ0n) is 6.01. The zero-order valence-corrected chi connectivity index (χ0v) is 6.82. The molecule has 0 aliphatic heterocycles. The second-order valence-electron chi connectivity index (χ2n) is 2.78. The van der Waals surface area contributed by atoms with Crippen LogP contribution in [0.2, 0.25) is 0 Å². The normalized spacial score (nSPS) is 19.6. The largest absolute Gasteiger partial charge is 0.361 e. The van der Waals surface area contributed by atoms with Crippen LogP contribution in [-0.4, -0.2) is 11.0 Å². The third-order valence-corrected chi connectivity index (χ3v) is 2.86. The molecule has 1 fully saturated rings. The van der Waals surface area contributed by atoms with Gasteiger partial charge in [0.25, 0.3) is 5.24 Å². The Morgan fingerprint density at radius 1 is 1.50 bits per heavy atom. The van der Waals surface area contributed by atoms with Crippen molar-refractivity contribution in [1.29, 1.82) is 0 Å². The first-order chi connectivity index (χ1) is 4.79. The Bertz CT molecular complexity index is 121. The Balaban J connectivity index is 2.07. The van der Waals surface area contributed by atoms with Crippen LogP contribution in [0.15, 0.2) is 0 Å². The molecule has 2 N–H and O–H groups in total. The Labute approximate surface area is 65.5 Å². The first-order valence-electron chi connectivity index (χ1n) is 3.71. The van der Waals surface area contributed by atoms with Gasteiger partial charge in [-0.1, -0.05) is 24.6 Å². The topological polar surface area (TPSA) is 43.1 Å². The first kappa shape index (κ1) is 7.92. The van der Waals surface area contributed by atoms with E-state index in [1.807, 2.05) is 0 Å². The molecule has 0 aromatic carbocycles. The Morgan fingerprint density at radius 3 is 2.60 bits per heavy atom. The molecule has 1 saturated carbocycles. The molecular weight excluding hydrogens is 146 g/mol. The quantitative estimate of drug-likeness (QED) is 0.669. The number of hydrogen-bond acceptors (Lipinski definition) is 2. The number of rotatable bonds is 2. The van der Waals surface area contributed by atoms with Gasteiger partial charge in [-0.05, 0) is 18.8 Å². The molecule has 0 heterocycles. The van der Waals surface area contributed by atoms with E-state index < -0.39 is 0 Å². The molecule has 58 valence electrons. The minimum atomic E-state index is -0.230.